The Balaban J connectivity index is 2.07. The van der Waals surface area contributed by atoms with Crippen LogP contribution in [0.15, 0.2) is 53.4 Å². The van der Waals surface area contributed by atoms with Gasteiger partial charge in [0.1, 0.15) is 4.90 Å². The molecule has 0 aromatic heterocycles. The van der Waals surface area contributed by atoms with Crippen LogP contribution in [-0.4, -0.2) is 20.5 Å². The molecule has 0 fully saturated rings. The largest absolute Gasteiger partial charge is 0.304 e. The van der Waals surface area contributed by atoms with Crippen molar-refractivity contribution >= 4 is 21.6 Å². The van der Waals surface area contributed by atoms with E-state index < -0.39 is 26.3 Å². The van der Waals surface area contributed by atoms with E-state index in [9.17, 15) is 12.8 Å². The minimum absolute atomic E-state index is 0.0311. The third kappa shape index (κ3) is 5.25. The topological polar surface area (TPSA) is 58.2 Å². The van der Waals surface area contributed by atoms with Crippen LogP contribution in [0.5, 0.6) is 0 Å². The number of hydrogen-bond acceptors (Lipinski definition) is 3. The molecule has 2 aromatic carbocycles. The van der Waals surface area contributed by atoms with Gasteiger partial charge in [0.25, 0.3) is 0 Å². The number of hydrogen-bond donors (Lipinski definition) is 2. The van der Waals surface area contributed by atoms with Gasteiger partial charge in [0.05, 0.1) is 5.02 Å². The molecule has 0 bridgehead atoms. The molecule has 0 radical (unpaired) electrons. The molecule has 4 nitrogen and oxygen atoms in total. The summed E-state index contributed by atoms with van der Waals surface area (Å²) in [7, 11) is -4.00. The Labute approximate surface area is 153 Å². The van der Waals surface area contributed by atoms with Crippen molar-refractivity contribution in [2.45, 2.75) is 37.2 Å². The van der Waals surface area contributed by atoms with Crippen molar-refractivity contribution in [1.29, 1.82) is 0 Å². The van der Waals surface area contributed by atoms with Crippen LogP contribution in [0.2, 0.25) is 5.02 Å². The third-order valence-corrected chi connectivity index (χ3v) is 5.53. The molecular weight excluding hydrogens is 363 g/mol. The van der Waals surface area contributed by atoms with Gasteiger partial charge in [-0.05, 0) is 38.5 Å². The monoisotopic (exact) mass is 384 g/mol. The fourth-order valence-electron chi connectivity index (χ4n) is 2.51. The van der Waals surface area contributed by atoms with Gasteiger partial charge in [0.2, 0.25) is 10.0 Å². The molecule has 2 rings (SSSR count). The first-order valence-corrected chi connectivity index (χ1v) is 9.75. The quantitative estimate of drug-likeness (QED) is 0.761. The molecule has 7 heteroatoms. The van der Waals surface area contributed by atoms with Crippen LogP contribution in [0.25, 0.3) is 0 Å². The summed E-state index contributed by atoms with van der Waals surface area (Å²) >= 11 is 5.67. The van der Waals surface area contributed by atoms with E-state index in [-0.39, 0.29) is 17.6 Å². The molecule has 0 amide bonds. The van der Waals surface area contributed by atoms with Gasteiger partial charge in [-0.15, -0.1) is 0 Å². The summed E-state index contributed by atoms with van der Waals surface area (Å²) in [6.07, 6.45) is 0. The van der Waals surface area contributed by atoms with Gasteiger partial charge in [0.15, 0.2) is 5.82 Å². The van der Waals surface area contributed by atoms with Crippen LogP contribution in [0.4, 0.5) is 4.39 Å². The minimum Gasteiger partial charge on any atom is -0.304 e. The lowest BCUT2D eigenvalue weighted by atomic mass is 10.0. The molecule has 2 aromatic rings. The molecule has 2 N–H and O–H groups in total. The normalized spacial score (nSPS) is 13.6. The Morgan fingerprint density at radius 1 is 1.12 bits per heavy atom. The lowest BCUT2D eigenvalue weighted by Crippen LogP contribution is -2.49. The second kappa shape index (κ2) is 7.83. The Morgan fingerprint density at radius 2 is 1.76 bits per heavy atom. The van der Waals surface area contributed by atoms with E-state index >= 15 is 0 Å². The lowest BCUT2D eigenvalue weighted by Gasteiger charge is -2.30. The standard InChI is InChI=1S/C18H22ClFN2O2S/c1-13(14-8-5-4-6-9-14)22-18(2,3)12-21-25(23,24)16-11-7-10-15(19)17(16)20/h4-11,13,21-22H,12H2,1-3H3. The Kier molecular flexibility index (Phi) is 6.21. The zero-order chi connectivity index (χ0) is 18.7. The van der Waals surface area contributed by atoms with Gasteiger partial charge in [-0.25, -0.2) is 17.5 Å². The van der Waals surface area contributed by atoms with E-state index in [1.54, 1.807) is 0 Å². The third-order valence-electron chi connectivity index (χ3n) is 3.82. The van der Waals surface area contributed by atoms with Gasteiger partial charge in [-0.3, -0.25) is 0 Å². The zero-order valence-electron chi connectivity index (χ0n) is 14.4. The van der Waals surface area contributed by atoms with Crippen LogP contribution in [0.1, 0.15) is 32.4 Å². The van der Waals surface area contributed by atoms with Crippen LogP contribution >= 0.6 is 11.6 Å². The van der Waals surface area contributed by atoms with E-state index in [4.69, 9.17) is 11.6 Å². The summed E-state index contributed by atoms with van der Waals surface area (Å²) in [6, 6.07) is 13.8. The SMILES string of the molecule is CC(NC(C)(C)CNS(=O)(=O)c1cccc(Cl)c1F)c1ccccc1. The summed E-state index contributed by atoms with van der Waals surface area (Å²) in [5, 5.41) is 3.15. The lowest BCUT2D eigenvalue weighted by molar-refractivity contribution is 0.346. The maximum absolute atomic E-state index is 14.0. The highest BCUT2D eigenvalue weighted by atomic mass is 35.5. The molecule has 0 saturated carbocycles. The molecule has 0 aliphatic heterocycles. The van der Waals surface area contributed by atoms with Crippen molar-refractivity contribution in [2.24, 2.45) is 0 Å². The first kappa shape index (κ1) is 19.8. The van der Waals surface area contributed by atoms with Gasteiger partial charge in [0, 0.05) is 18.1 Å². The van der Waals surface area contributed by atoms with Crippen molar-refractivity contribution < 1.29 is 12.8 Å². The molecule has 0 saturated heterocycles. The van der Waals surface area contributed by atoms with Gasteiger partial charge < -0.3 is 5.32 Å². The highest BCUT2D eigenvalue weighted by Crippen LogP contribution is 2.22. The van der Waals surface area contributed by atoms with Crippen molar-refractivity contribution in [3.8, 4) is 0 Å². The van der Waals surface area contributed by atoms with E-state index in [1.165, 1.54) is 18.2 Å². The Morgan fingerprint density at radius 3 is 2.40 bits per heavy atom. The molecule has 25 heavy (non-hydrogen) atoms. The average molecular weight is 385 g/mol. The number of rotatable bonds is 7. The maximum Gasteiger partial charge on any atom is 0.243 e. The number of benzene rings is 2. The summed E-state index contributed by atoms with van der Waals surface area (Å²) in [5.74, 6) is -0.944. The first-order chi connectivity index (χ1) is 11.6. The summed E-state index contributed by atoms with van der Waals surface area (Å²) in [5.41, 5.74) is 0.552. The van der Waals surface area contributed by atoms with E-state index in [0.717, 1.165) is 5.56 Å². The number of sulfonamides is 1. The summed E-state index contributed by atoms with van der Waals surface area (Å²) in [6.45, 7) is 5.85. The fourth-order valence-corrected chi connectivity index (χ4v) is 4.05. The van der Waals surface area contributed by atoms with E-state index in [0.29, 0.717) is 0 Å². The number of halogens is 2. The molecule has 0 aliphatic carbocycles. The van der Waals surface area contributed by atoms with Crippen LogP contribution in [-0.2, 0) is 10.0 Å². The zero-order valence-corrected chi connectivity index (χ0v) is 16.0. The second-order valence-corrected chi connectivity index (χ2v) is 8.68. The van der Waals surface area contributed by atoms with Crippen molar-refractivity contribution in [3.63, 3.8) is 0 Å². The van der Waals surface area contributed by atoms with Gasteiger partial charge >= 0.3 is 0 Å². The molecule has 136 valence electrons. The summed E-state index contributed by atoms with van der Waals surface area (Å²) < 4.78 is 41.2. The van der Waals surface area contributed by atoms with Gasteiger partial charge in [-0.2, -0.15) is 0 Å². The highest BCUT2D eigenvalue weighted by molar-refractivity contribution is 7.89. The van der Waals surface area contributed by atoms with Gasteiger partial charge in [-0.1, -0.05) is 48.0 Å². The maximum atomic E-state index is 14.0. The Hall–Kier alpha value is -1.47. The fraction of sp³-hybridized carbons (Fsp3) is 0.333. The second-order valence-electron chi connectivity index (χ2n) is 6.54. The number of nitrogens with one attached hydrogen (secondary N) is 2. The molecule has 0 spiro atoms. The highest BCUT2D eigenvalue weighted by Gasteiger charge is 2.26. The smallest absolute Gasteiger partial charge is 0.243 e. The van der Waals surface area contributed by atoms with Crippen molar-refractivity contribution in [3.05, 3.63) is 64.9 Å². The predicted octanol–water partition coefficient (Wildman–Crippen LogP) is 3.89. The summed E-state index contributed by atoms with van der Waals surface area (Å²) in [4.78, 5) is -0.452. The van der Waals surface area contributed by atoms with Crippen LogP contribution in [0.3, 0.4) is 0 Å². The molecular formula is C18H22ClFN2O2S. The van der Waals surface area contributed by atoms with E-state index in [1.807, 2.05) is 51.1 Å². The van der Waals surface area contributed by atoms with E-state index in [2.05, 4.69) is 10.0 Å². The van der Waals surface area contributed by atoms with Crippen molar-refractivity contribution in [1.82, 2.24) is 10.0 Å². The van der Waals surface area contributed by atoms with Crippen molar-refractivity contribution in [2.75, 3.05) is 6.54 Å². The average Bonchev–Trinajstić information content (AvgIpc) is 2.56. The first-order valence-electron chi connectivity index (χ1n) is 7.89. The van der Waals surface area contributed by atoms with Crippen LogP contribution < -0.4 is 10.0 Å². The minimum atomic E-state index is -4.00. The Bertz CT molecular complexity index is 826. The predicted molar refractivity (Wildman–Crippen MR) is 98.7 cm³/mol. The molecule has 1 atom stereocenters. The molecule has 0 heterocycles. The molecule has 1 unspecified atom stereocenters. The van der Waals surface area contributed by atoms with Crippen LogP contribution in [0, 0.1) is 5.82 Å². The molecule has 0 aliphatic rings.